The van der Waals surface area contributed by atoms with Crippen LogP contribution in [-0.2, 0) is 6.54 Å². The highest BCUT2D eigenvalue weighted by Gasteiger charge is 2.07. The Balaban J connectivity index is 2.06. The maximum absolute atomic E-state index is 5.36. The van der Waals surface area contributed by atoms with Crippen molar-refractivity contribution >= 4 is 11.8 Å². The first-order chi connectivity index (χ1) is 10.1. The van der Waals surface area contributed by atoms with E-state index < -0.39 is 0 Å². The highest BCUT2D eigenvalue weighted by molar-refractivity contribution is 5.37. The second-order valence-electron chi connectivity index (χ2n) is 4.79. The second kappa shape index (κ2) is 6.83. The first-order valence-corrected chi connectivity index (χ1v) is 6.74. The Morgan fingerprint density at radius 1 is 1.05 bits per heavy atom. The molecular weight excluding hydrogens is 268 g/mol. The first-order valence-electron chi connectivity index (χ1n) is 6.74. The third-order valence-corrected chi connectivity index (χ3v) is 2.79. The van der Waals surface area contributed by atoms with Gasteiger partial charge in [-0.05, 0) is 6.92 Å². The van der Waals surface area contributed by atoms with Gasteiger partial charge in [-0.15, -0.1) is 0 Å². The number of anilines is 2. The molecule has 0 fully saturated rings. The molecule has 2 aromatic heterocycles. The lowest BCUT2D eigenvalue weighted by Gasteiger charge is -2.18. The normalized spacial score (nSPS) is 10.3. The average Bonchev–Trinajstić information content (AvgIpc) is 2.48. The van der Waals surface area contributed by atoms with Gasteiger partial charge in [0, 0.05) is 45.6 Å². The van der Waals surface area contributed by atoms with Crippen LogP contribution in [0.3, 0.4) is 0 Å². The smallest absolute Gasteiger partial charge is 0.234 e. The molecule has 112 valence electrons. The zero-order chi connectivity index (χ0) is 15.2. The Morgan fingerprint density at radius 2 is 1.76 bits per heavy atom. The summed E-state index contributed by atoms with van der Waals surface area (Å²) in [6, 6.07) is 0. The average molecular weight is 288 g/mol. The summed E-state index contributed by atoms with van der Waals surface area (Å²) in [6.45, 7) is 3.14. The van der Waals surface area contributed by atoms with Gasteiger partial charge in [-0.2, -0.15) is 4.98 Å². The number of rotatable bonds is 6. The predicted octanol–water partition coefficient (Wildman–Crippen LogP) is 1.37. The van der Waals surface area contributed by atoms with Crippen molar-refractivity contribution in [3.63, 3.8) is 0 Å². The van der Waals surface area contributed by atoms with Gasteiger partial charge in [-0.3, -0.25) is 4.98 Å². The van der Waals surface area contributed by atoms with E-state index in [1.807, 2.05) is 50.3 Å². The Labute approximate surface area is 124 Å². The van der Waals surface area contributed by atoms with Crippen molar-refractivity contribution in [1.82, 2.24) is 19.9 Å². The summed E-state index contributed by atoms with van der Waals surface area (Å²) >= 11 is 0. The molecule has 0 atom stereocenters. The molecule has 0 saturated carbocycles. The molecule has 0 aromatic carbocycles. The number of ether oxygens (including phenoxy) is 1. The molecule has 0 aliphatic rings. The van der Waals surface area contributed by atoms with E-state index in [1.165, 1.54) is 0 Å². The Bertz CT molecular complexity index is 572. The van der Waals surface area contributed by atoms with E-state index in [9.17, 15) is 0 Å². The topological polar surface area (TPSA) is 67.3 Å². The summed E-state index contributed by atoms with van der Waals surface area (Å²) in [5.74, 6) is 1.97. The molecule has 2 aromatic rings. The zero-order valence-corrected chi connectivity index (χ0v) is 12.8. The molecule has 0 unspecified atom stereocenters. The van der Waals surface area contributed by atoms with Gasteiger partial charge in [0.25, 0.3) is 0 Å². The summed E-state index contributed by atoms with van der Waals surface area (Å²) < 4.78 is 5.36. The van der Waals surface area contributed by atoms with Crippen LogP contribution in [0.1, 0.15) is 12.5 Å². The van der Waals surface area contributed by atoms with Gasteiger partial charge in [0.1, 0.15) is 0 Å². The summed E-state index contributed by atoms with van der Waals surface area (Å²) in [4.78, 5) is 21.0. The predicted molar refractivity (Wildman–Crippen MR) is 81.7 cm³/mol. The van der Waals surface area contributed by atoms with Crippen molar-refractivity contribution in [2.24, 2.45) is 0 Å². The molecule has 0 N–H and O–H groups in total. The van der Waals surface area contributed by atoms with Gasteiger partial charge in [0.05, 0.1) is 19.0 Å². The molecule has 0 aliphatic heterocycles. The SMILES string of the molecule is CCOc1cncc(N(C)Cc2cnc(N(C)C)nc2)n1. The first kappa shape index (κ1) is 15.0. The van der Waals surface area contributed by atoms with Gasteiger partial charge >= 0.3 is 0 Å². The molecule has 21 heavy (non-hydrogen) atoms. The fourth-order valence-electron chi connectivity index (χ4n) is 1.76. The van der Waals surface area contributed by atoms with E-state index in [1.54, 1.807) is 12.4 Å². The van der Waals surface area contributed by atoms with E-state index in [0.717, 1.165) is 11.4 Å². The maximum atomic E-state index is 5.36. The van der Waals surface area contributed by atoms with Gasteiger partial charge < -0.3 is 14.5 Å². The van der Waals surface area contributed by atoms with Gasteiger partial charge in [-0.1, -0.05) is 0 Å². The molecule has 0 spiro atoms. The van der Waals surface area contributed by atoms with Crippen molar-refractivity contribution in [2.75, 3.05) is 37.5 Å². The quantitative estimate of drug-likeness (QED) is 0.795. The van der Waals surface area contributed by atoms with E-state index in [-0.39, 0.29) is 0 Å². The fourth-order valence-corrected chi connectivity index (χ4v) is 1.76. The monoisotopic (exact) mass is 288 g/mol. The Morgan fingerprint density at radius 3 is 2.38 bits per heavy atom. The minimum absolute atomic E-state index is 0.529. The summed E-state index contributed by atoms with van der Waals surface area (Å²) in [7, 11) is 5.77. The van der Waals surface area contributed by atoms with Crippen molar-refractivity contribution in [1.29, 1.82) is 0 Å². The highest BCUT2D eigenvalue weighted by atomic mass is 16.5. The minimum atomic E-state index is 0.529. The van der Waals surface area contributed by atoms with Gasteiger partial charge in [0.15, 0.2) is 5.82 Å². The third-order valence-electron chi connectivity index (χ3n) is 2.79. The van der Waals surface area contributed by atoms with E-state index >= 15 is 0 Å². The number of nitrogens with zero attached hydrogens (tertiary/aromatic N) is 6. The van der Waals surface area contributed by atoms with Crippen LogP contribution < -0.4 is 14.5 Å². The third kappa shape index (κ3) is 4.01. The molecule has 2 rings (SSSR count). The molecule has 0 bridgehead atoms. The van der Waals surface area contributed by atoms with Crippen LogP contribution >= 0.6 is 0 Å². The van der Waals surface area contributed by atoms with E-state index in [4.69, 9.17) is 4.74 Å². The minimum Gasteiger partial charge on any atom is -0.477 e. The summed E-state index contributed by atoms with van der Waals surface area (Å²) in [5.41, 5.74) is 1.01. The molecule has 0 aliphatic carbocycles. The molecule has 0 radical (unpaired) electrons. The van der Waals surface area contributed by atoms with Crippen LogP contribution in [0, 0.1) is 0 Å². The lowest BCUT2D eigenvalue weighted by molar-refractivity contribution is 0.325. The fraction of sp³-hybridized carbons (Fsp3) is 0.429. The lowest BCUT2D eigenvalue weighted by Crippen LogP contribution is -2.19. The molecule has 2 heterocycles. The van der Waals surface area contributed by atoms with Crippen LogP contribution in [0.5, 0.6) is 5.88 Å². The Hall–Kier alpha value is -2.44. The van der Waals surface area contributed by atoms with Crippen LogP contribution in [0.25, 0.3) is 0 Å². The van der Waals surface area contributed by atoms with E-state index in [0.29, 0.717) is 25.0 Å². The zero-order valence-electron chi connectivity index (χ0n) is 12.8. The summed E-state index contributed by atoms with van der Waals surface area (Å²) in [5, 5.41) is 0. The molecule has 0 saturated heterocycles. The van der Waals surface area contributed by atoms with Gasteiger partial charge in [0.2, 0.25) is 11.8 Å². The Kier molecular flexibility index (Phi) is 4.86. The van der Waals surface area contributed by atoms with Crippen molar-refractivity contribution < 1.29 is 4.74 Å². The number of hydrogen-bond acceptors (Lipinski definition) is 7. The number of hydrogen-bond donors (Lipinski definition) is 0. The van der Waals surface area contributed by atoms with E-state index in [2.05, 4.69) is 19.9 Å². The highest BCUT2D eigenvalue weighted by Crippen LogP contribution is 2.15. The molecule has 7 heteroatoms. The maximum Gasteiger partial charge on any atom is 0.234 e. The van der Waals surface area contributed by atoms with Crippen molar-refractivity contribution in [3.8, 4) is 5.88 Å². The summed E-state index contributed by atoms with van der Waals surface area (Å²) in [6.07, 6.45) is 6.95. The van der Waals surface area contributed by atoms with Crippen LogP contribution in [0.15, 0.2) is 24.8 Å². The van der Waals surface area contributed by atoms with Gasteiger partial charge in [-0.25, -0.2) is 9.97 Å². The largest absolute Gasteiger partial charge is 0.477 e. The van der Waals surface area contributed by atoms with Crippen LogP contribution in [-0.4, -0.2) is 47.7 Å². The molecule has 7 nitrogen and oxygen atoms in total. The van der Waals surface area contributed by atoms with Crippen LogP contribution in [0.4, 0.5) is 11.8 Å². The molecular formula is C14H20N6O. The standard InChI is InChI=1S/C14H20N6O/c1-5-21-13-9-15-8-12(18-13)20(4)10-11-6-16-14(17-7-11)19(2)3/h6-9H,5,10H2,1-4H3. The second-order valence-corrected chi connectivity index (χ2v) is 4.79. The van der Waals surface area contributed by atoms with Crippen LogP contribution in [0.2, 0.25) is 0 Å². The lowest BCUT2D eigenvalue weighted by atomic mass is 10.3. The van der Waals surface area contributed by atoms with Crippen molar-refractivity contribution in [3.05, 3.63) is 30.4 Å². The number of aromatic nitrogens is 4. The molecule has 0 amide bonds. The van der Waals surface area contributed by atoms with Crippen molar-refractivity contribution in [2.45, 2.75) is 13.5 Å².